The number of halogens is 1. The van der Waals surface area contributed by atoms with Crippen LogP contribution in [0.1, 0.15) is 17.3 Å². The molecule has 0 amide bonds. The molecule has 7 nitrogen and oxygen atoms in total. The van der Waals surface area contributed by atoms with E-state index in [1.807, 2.05) is 0 Å². The molecule has 9 heteroatoms. The van der Waals surface area contributed by atoms with Crippen molar-refractivity contribution in [2.45, 2.75) is 13.0 Å². The number of carbonyl (C=O) groups is 2. The molecule has 0 aliphatic heterocycles. The van der Waals surface area contributed by atoms with Gasteiger partial charge in [-0.15, -0.1) is 0 Å². The molecule has 2 aromatic carbocycles. The Kier molecular flexibility index (Phi) is 6.74. The van der Waals surface area contributed by atoms with Gasteiger partial charge in [-0.25, -0.2) is 17.6 Å². The van der Waals surface area contributed by atoms with Crippen molar-refractivity contribution in [1.82, 2.24) is 0 Å². The van der Waals surface area contributed by atoms with Crippen LogP contribution < -0.4 is 9.04 Å². The lowest BCUT2D eigenvalue weighted by Gasteiger charge is -2.16. The topological polar surface area (TPSA) is 90.0 Å². The van der Waals surface area contributed by atoms with Crippen molar-refractivity contribution in [3.8, 4) is 5.75 Å². The molecule has 0 N–H and O–H groups in total. The highest BCUT2D eigenvalue weighted by Gasteiger charge is 2.19. The summed E-state index contributed by atoms with van der Waals surface area (Å²) in [6.45, 7) is 0.962. The highest BCUT2D eigenvalue weighted by molar-refractivity contribution is 7.92. The number of sulfonamides is 1. The average Bonchev–Trinajstić information content (AvgIpc) is 2.66. The van der Waals surface area contributed by atoms with Gasteiger partial charge in [-0.05, 0) is 55.5 Å². The zero-order valence-electron chi connectivity index (χ0n) is 15.6. The summed E-state index contributed by atoms with van der Waals surface area (Å²) in [7, 11) is -2.00. The fourth-order valence-electron chi connectivity index (χ4n) is 2.15. The monoisotopic (exact) mass is 409 g/mol. The van der Waals surface area contributed by atoms with E-state index < -0.39 is 40.3 Å². The van der Waals surface area contributed by atoms with Crippen molar-refractivity contribution in [2.24, 2.45) is 0 Å². The van der Waals surface area contributed by atoms with Crippen LogP contribution in [-0.2, 0) is 19.6 Å². The summed E-state index contributed by atoms with van der Waals surface area (Å²) in [4.78, 5) is 24.1. The number of benzene rings is 2. The molecule has 0 spiro atoms. The van der Waals surface area contributed by atoms with Gasteiger partial charge in [0.25, 0.3) is 0 Å². The zero-order valence-corrected chi connectivity index (χ0v) is 16.4. The fourth-order valence-corrected chi connectivity index (χ4v) is 2.66. The zero-order chi connectivity index (χ0) is 20.9. The molecule has 2 aromatic rings. The van der Waals surface area contributed by atoms with Gasteiger partial charge in [0.1, 0.15) is 11.6 Å². The predicted octanol–water partition coefficient (Wildman–Crippen LogP) is 2.41. The Balaban J connectivity index is 1.90. The van der Waals surface area contributed by atoms with E-state index in [-0.39, 0.29) is 5.56 Å². The first-order valence-corrected chi connectivity index (χ1v) is 10.1. The van der Waals surface area contributed by atoms with Gasteiger partial charge in [-0.1, -0.05) is 0 Å². The van der Waals surface area contributed by atoms with Crippen LogP contribution in [0.5, 0.6) is 5.75 Å². The van der Waals surface area contributed by atoms with Crippen LogP contribution in [0.4, 0.5) is 10.1 Å². The maximum absolute atomic E-state index is 12.9. The van der Waals surface area contributed by atoms with Gasteiger partial charge >= 0.3 is 5.97 Å². The third-order valence-corrected chi connectivity index (χ3v) is 5.06. The second kappa shape index (κ2) is 8.83. The summed E-state index contributed by atoms with van der Waals surface area (Å²) >= 11 is 0. The number of Topliss-reactive ketones (excluding diaryl/α,β-unsaturated/α-hetero) is 1. The number of carbonyl (C=O) groups excluding carboxylic acids is 2. The molecule has 0 unspecified atom stereocenters. The van der Waals surface area contributed by atoms with E-state index in [1.165, 1.54) is 62.5 Å². The lowest BCUT2D eigenvalue weighted by Crippen LogP contribution is -2.28. The molecule has 0 fully saturated rings. The van der Waals surface area contributed by atoms with E-state index in [0.29, 0.717) is 11.4 Å². The molecule has 0 heterocycles. The quantitative estimate of drug-likeness (QED) is 0.491. The third-order valence-electron chi connectivity index (χ3n) is 3.85. The molecule has 0 aliphatic rings. The number of nitrogens with zero attached hydrogens (tertiary/aromatic N) is 1. The minimum atomic E-state index is -3.40. The van der Waals surface area contributed by atoms with Crippen molar-refractivity contribution in [2.75, 3.05) is 24.2 Å². The Labute approximate surface area is 162 Å². The molecule has 1 atom stereocenters. The first-order chi connectivity index (χ1) is 13.1. The smallest absolute Gasteiger partial charge is 0.347 e. The van der Waals surface area contributed by atoms with Crippen LogP contribution in [0.25, 0.3) is 0 Å². The molecule has 0 aliphatic carbocycles. The molecule has 0 radical (unpaired) electrons. The molecule has 0 aromatic heterocycles. The fraction of sp³-hybridized carbons (Fsp3) is 0.263. The maximum Gasteiger partial charge on any atom is 0.347 e. The first kappa shape index (κ1) is 21.4. The van der Waals surface area contributed by atoms with Gasteiger partial charge in [-0.2, -0.15) is 0 Å². The molecule has 0 bridgehead atoms. The maximum atomic E-state index is 12.9. The Hall–Kier alpha value is -2.94. The van der Waals surface area contributed by atoms with Gasteiger partial charge in [0, 0.05) is 12.6 Å². The molecule has 0 saturated heterocycles. The highest BCUT2D eigenvalue weighted by atomic mass is 32.2. The van der Waals surface area contributed by atoms with Crippen LogP contribution in [0.3, 0.4) is 0 Å². The van der Waals surface area contributed by atoms with Crippen molar-refractivity contribution in [1.29, 1.82) is 0 Å². The Morgan fingerprint density at radius 1 is 1.07 bits per heavy atom. The second-order valence-electron chi connectivity index (χ2n) is 6.02. The number of hydrogen-bond donors (Lipinski definition) is 0. The number of ketones is 1. The van der Waals surface area contributed by atoms with E-state index in [1.54, 1.807) is 0 Å². The van der Waals surface area contributed by atoms with E-state index in [9.17, 15) is 22.4 Å². The molecule has 0 saturated carbocycles. The molecule has 150 valence electrons. The average molecular weight is 409 g/mol. The number of ether oxygens (including phenoxy) is 2. The van der Waals surface area contributed by atoms with Gasteiger partial charge < -0.3 is 9.47 Å². The van der Waals surface area contributed by atoms with E-state index in [0.717, 1.165) is 10.6 Å². The minimum absolute atomic E-state index is 0.269. The van der Waals surface area contributed by atoms with Crippen LogP contribution in [0.15, 0.2) is 48.5 Å². The molecule has 2 rings (SSSR count). The van der Waals surface area contributed by atoms with Gasteiger partial charge in [0.2, 0.25) is 10.0 Å². The summed E-state index contributed by atoms with van der Waals surface area (Å²) in [6, 6.07) is 11.0. The van der Waals surface area contributed by atoms with E-state index in [4.69, 9.17) is 9.47 Å². The van der Waals surface area contributed by atoms with Crippen LogP contribution >= 0.6 is 0 Å². The summed E-state index contributed by atoms with van der Waals surface area (Å²) in [5.74, 6) is -1.33. The standard InChI is InChI=1S/C19H20FNO6S/c1-13(27-17-10-6-15(20)7-11-17)19(23)26-12-18(22)14-4-8-16(9-5-14)21(2)28(3,24)25/h4-11,13H,12H2,1-3H3/t13-/m1/s1. The van der Waals surface area contributed by atoms with Crippen molar-refractivity contribution in [3.63, 3.8) is 0 Å². The van der Waals surface area contributed by atoms with Crippen molar-refractivity contribution < 1.29 is 31.9 Å². The van der Waals surface area contributed by atoms with Crippen LogP contribution in [0.2, 0.25) is 0 Å². The Morgan fingerprint density at radius 2 is 1.64 bits per heavy atom. The second-order valence-corrected chi connectivity index (χ2v) is 8.04. The SMILES string of the molecule is C[C@@H](Oc1ccc(F)cc1)C(=O)OCC(=O)c1ccc(N(C)S(C)(=O)=O)cc1. The van der Waals surface area contributed by atoms with Crippen LogP contribution in [-0.4, -0.2) is 46.2 Å². The summed E-state index contributed by atoms with van der Waals surface area (Å²) in [5.41, 5.74) is 0.669. The number of esters is 1. The van der Waals surface area contributed by atoms with Crippen LogP contribution in [0, 0.1) is 5.82 Å². The Morgan fingerprint density at radius 3 is 2.18 bits per heavy atom. The Bertz CT molecular complexity index is 941. The van der Waals surface area contributed by atoms with Crippen molar-refractivity contribution >= 4 is 27.5 Å². The van der Waals surface area contributed by atoms with E-state index >= 15 is 0 Å². The number of hydrogen-bond acceptors (Lipinski definition) is 6. The highest BCUT2D eigenvalue weighted by Crippen LogP contribution is 2.17. The molecular formula is C19H20FNO6S. The minimum Gasteiger partial charge on any atom is -0.479 e. The first-order valence-electron chi connectivity index (χ1n) is 8.24. The van der Waals surface area contributed by atoms with Gasteiger partial charge in [0.15, 0.2) is 18.5 Å². The summed E-state index contributed by atoms with van der Waals surface area (Å²) in [6.07, 6.45) is 0.0878. The lowest BCUT2D eigenvalue weighted by molar-refractivity contribution is -0.149. The molecular weight excluding hydrogens is 389 g/mol. The predicted molar refractivity (Wildman–Crippen MR) is 101 cm³/mol. The summed E-state index contributed by atoms with van der Waals surface area (Å²) in [5, 5.41) is 0. The summed E-state index contributed by atoms with van der Waals surface area (Å²) < 4.78 is 47.2. The normalized spacial score (nSPS) is 12.1. The third kappa shape index (κ3) is 5.78. The van der Waals surface area contributed by atoms with Gasteiger partial charge in [0.05, 0.1) is 11.9 Å². The van der Waals surface area contributed by atoms with Gasteiger partial charge in [-0.3, -0.25) is 9.10 Å². The molecule has 28 heavy (non-hydrogen) atoms. The largest absolute Gasteiger partial charge is 0.479 e. The number of rotatable bonds is 8. The lowest BCUT2D eigenvalue weighted by atomic mass is 10.1. The van der Waals surface area contributed by atoms with E-state index in [2.05, 4.69) is 0 Å². The van der Waals surface area contributed by atoms with Crippen molar-refractivity contribution in [3.05, 3.63) is 59.9 Å². The number of anilines is 1.